The Morgan fingerprint density at radius 2 is 1.67 bits per heavy atom. The minimum absolute atomic E-state index is 0.0692. The number of hydrogen-bond donors (Lipinski definition) is 3. The molecule has 0 unspecified atom stereocenters. The minimum Gasteiger partial charge on any atom is -0.507 e. The van der Waals surface area contributed by atoms with Crippen LogP contribution in [0.1, 0.15) is 26.4 Å². The van der Waals surface area contributed by atoms with E-state index in [1.54, 1.807) is 35.8 Å². The molecule has 4 rings (SSSR count). The van der Waals surface area contributed by atoms with Crippen LogP contribution < -0.4 is 15.6 Å². The third kappa shape index (κ3) is 4.39. The third-order valence-electron chi connectivity index (χ3n) is 4.38. The molecule has 1 heterocycles. The molecule has 7 nitrogen and oxygen atoms in total. The number of phenolic OH excluding ortho intramolecular Hbond substituents is 1. The van der Waals surface area contributed by atoms with E-state index in [9.17, 15) is 14.7 Å². The summed E-state index contributed by atoms with van der Waals surface area (Å²) in [6.07, 6.45) is 0. The van der Waals surface area contributed by atoms with E-state index in [-0.39, 0.29) is 11.3 Å². The van der Waals surface area contributed by atoms with Crippen molar-refractivity contribution >= 4 is 33.9 Å². The van der Waals surface area contributed by atoms with Crippen LogP contribution in [0.3, 0.4) is 0 Å². The van der Waals surface area contributed by atoms with Crippen molar-refractivity contribution in [2.45, 2.75) is 6.61 Å². The quantitative estimate of drug-likeness (QED) is 0.429. The number of phenols is 1. The van der Waals surface area contributed by atoms with Crippen LogP contribution in [0.4, 0.5) is 0 Å². The average Bonchev–Trinajstić information content (AvgIpc) is 3.29. The molecule has 0 saturated heterocycles. The van der Waals surface area contributed by atoms with E-state index in [0.717, 1.165) is 16.5 Å². The number of thiazole rings is 1. The van der Waals surface area contributed by atoms with Crippen LogP contribution in [0.15, 0.2) is 71.6 Å². The van der Waals surface area contributed by atoms with Crippen LogP contribution in [0.2, 0.25) is 0 Å². The molecular weight excluding hydrogens is 402 g/mol. The SMILES string of the molecule is O=C(NNC(=O)c1cc2ccccc2cc1O)c1ccc(OCc2cscn2)cc1. The Morgan fingerprint density at radius 1 is 0.967 bits per heavy atom. The first-order valence-corrected chi connectivity index (χ1v) is 9.97. The molecule has 2 amide bonds. The van der Waals surface area contributed by atoms with Gasteiger partial charge in [-0.3, -0.25) is 20.4 Å². The van der Waals surface area contributed by atoms with Gasteiger partial charge in [0.05, 0.1) is 16.8 Å². The van der Waals surface area contributed by atoms with Crippen molar-refractivity contribution in [3.63, 3.8) is 0 Å². The van der Waals surface area contributed by atoms with Crippen LogP contribution in [0.5, 0.6) is 11.5 Å². The minimum atomic E-state index is -0.616. The summed E-state index contributed by atoms with van der Waals surface area (Å²) >= 11 is 1.49. The second kappa shape index (κ2) is 8.62. The monoisotopic (exact) mass is 419 g/mol. The first-order chi connectivity index (χ1) is 14.6. The number of fused-ring (bicyclic) bond motifs is 1. The van der Waals surface area contributed by atoms with Gasteiger partial charge in [-0.2, -0.15) is 0 Å². The molecule has 3 aromatic carbocycles. The van der Waals surface area contributed by atoms with Gasteiger partial charge < -0.3 is 9.84 Å². The number of rotatable bonds is 5. The molecule has 0 aliphatic heterocycles. The van der Waals surface area contributed by atoms with E-state index in [1.807, 2.05) is 29.6 Å². The lowest BCUT2D eigenvalue weighted by Gasteiger charge is -2.10. The normalized spacial score (nSPS) is 10.5. The predicted molar refractivity (Wildman–Crippen MR) is 113 cm³/mol. The Hall–Kier alpha value is -3.91. The number of aromatic hydroxyl groups is 1. The Balaban J connectivity index is 1.36. The van der Waals surface area contributed by atoms with Gasteiger partial charge in [-0.05, 0) is 47.2 Å². The lowest BCUT2D eigenvalue weighted by Crippen LogP contribution is -2.41. The molecule has 0 fully saturated rings. The lowest BCUT2D eigenvalue weighted by atomic mass is 10.1. The molecule has 30 heavy (non-hydrogen) atoms. The number of amides is 2. The van der Waals surface area contributed by atoms with E-state index in [0.29, 0.717) is 17.9 Å². The molecule has 0 atom stereocenters. The van der Waals surface area contributed by atoms with E-state index in [1.165, 1.54) is 17.4 Å². The Morgan fingerprint density at radius 3 is 2.37 bits per heavy atom. The van der Waals surface area contributed by atoms with Crippen molar-refractivity contribution in [3.05, 3.63) is 88.4 Å². The molecule has 3 N–H and O–H groups in total. The predicted octanol–water partition coefficient (Wildman–Crippen LogP) is 3.66. The maximum Gasteiger partial charge on any atom is 0.273 e. The highest BCUT2D eigenvalue weighted by Gasteiger charge is 2.14. The maximum absolute atomic E-state index is 12.4. The van der Waals surface area contributed by atoms with Gasteiger partial charge in [-0.15, -0.1) is 11.3 Å². The lowest BCUT2D eigenvalue weighted by molar-refractivity contribution is 0.0845. The van der Waals surface area contributed by atoms with Gasteiger partial charge in [0.1, 0.15) is 18.1 Å². The molecule has 8 heteroatoms. The summed E-state index contributed by atoms with van der Waals surface area (Å²) < 4.78 is 5.60. The highest BCUT2D eigenvalue weighted by atomic mass is 32.1. The van der Waals surface area contributed by atoms with E-state index >= 15 is 0 Å². The highest BCUT2D eigenvalue weighted by molar-refractivity contribution is 7.07. The number of hydrazine groups is 1. The van der Waals surface area contributed by atoms with E-state index in [4.69, 9.17) is 4.74 Å². The van der Waals surface area contributed by atoms with Gasteiger partial charge >= 0.3 is 0 Å². The Bertz CT molecular complexity index is 1190. The van der Waals surface area contributed by atoms with Crippen molar-refractivity contribution in [1.82, 2.24) is 15.8 Å². The molecular formula is C22H17N3O4S. The summed E-state index contributed by atoms with van der Waals surface area (Å²) in [6.45, 7) is 0.348. The molecule has 0 aliphatic carbocycles. The fraction of sp³-hybridized carbons (Fsp3) is 0.0455. The second-order valence-electron chi connectivity index (χ2n) is 6.42. The summed E-state index contributed by atoms with van der Waals surface area (Å²) in [5.74, 6) is -0.670. The maximum atomic E-state index is 12.4. The fourth-order valence-corrected chi connectivity index (χ4v) is 3.37. The first kappa shape index (κ1) is 19.4. The molecule has 4 aromatic rings. The number of aromatic nitrogens is 1. The zero-order chi connectivity index (χ0) is 20.9. The highest BCUT2D eigenvalue weighted by Crippen LogP contribution is 2.24. The van der Waals surface area contributed by atoms with E-state index in [2.05, 4.69) is 15.8 Å². The number of carbonyl (C=O) groups is 2. The first-order valence-electron chi connectivity index (χ1n) is 9.02. The largest absolute Gasteiger partial charge is 0.507 e. The average molecular weight is 419 g/mol. The summed E-state index contributed by atoms with van der Waals surface area (Å²) in [6, 6.07) is 16.9. The summed E-state index contributed by atoms with van der Waals surface area (Å²) in [5.41, 5.74) is 7.66. The van der Waals surface area contributed by atoms with Gasteiger partial charge in [0, 0.05) is 10.9 Å². The van der Waals surface area contributed by atoms with Gasteiger partial charge in [0.25, 0.3) is 11.8 Å². The molecule has 1 aromatic heterocycles. The Labute approximate surface area is 175 Å². The van der Waals surface area contributed by atoms with Gasteiger partial charge in [-0.25, -0.2) is 4.98 Å². The van der Waals surface area contributed by atoms with Crippen molar-refractivity contribution in [1.29, 1.82) is 0 Å². The van der Waals surface area contributed by atoms with Crippen LogP contribution >= 0.6 is 11.3 Å². The summed E-state index contributed by atoms with van der Waals surface area (Å²) in [5, 5.41) is 13.6. The Kier molecular flexibility index (Phi) is 5.58. The smallest absolute Gasteiger partial charge is 0.273 e. The number of ether oxygens (including phenoxy) is 1. The van der Waals surface area contributed by atoms with Gasteiger partial charge in [-0.1, -0.05) is 24.3 Å². The molecule has 0 saturated carbocycles. The number of benzene rings is 3. The van der Waals surface area contributed by atoms with Crippen LogP contribution in [0.25, 0.3) is 10.8 Å². The van der Waals surface area contributed by atoms with Gasteiger partial charge in [0.15, 0.2) is 0 Å². The fourth-order valence-electron chi connectivity index (χ4n) is 2.83. The summed E-state index contributed by atoms with van der Waals surface area (Å²) in [4.78, 5) is 28.8. The topological polar surface area (TPSA) is 101 Å². The molecule has 0 radical (unpaired) electrons. The standard InChI is InChI=1S/C22H17N3O4S/c26-20-10-16-4-2-1-3-15(16)9-19(20)22(28)25-24-21(27)14-5-7-18(8-6-14)29-11-17-12-30-13-23-17/h1-10,12-13,26H,11H2,(H,24,27)(H,25,28). The van der Waals surface area contributed by atoms with Crippen LogP contribution in [0, 0.1) is 0 Å². The number of carbonyl (C=O) groups excluding carboxylic acids is 2. The van der Waals surface area contributed by atoms with Crippen molar-refractivity contribution < 1.29 is 19.4 Å². The number of hydrogen-bond acceptors (Lipinski definition) is 6. The third-order valence-corrected chi connectivity index (χ3v) is 5.02. The number of nitrogens with zero attached hydrogens (tertiary/aromatic N) is 1. The van der Waals surface area contributed by atoms with Crippen molar-refractivity contribution in [2.75, 3.05) is 0 Å². The van der Waals surface area contributed by atoms with Gasteiger partial charge in [0.2, 0.25) is 0 Å². The molecule has 0 bridgehead atoms. The van der Waals surface area contributed by atoms with Crippen LogP contribution in [-0.2, 0) is 6.61 Å². The number of nitrogens with one attached hydrogen (secondary N) is 2. The molecule has 150 valence electrons. The second-order valence-corrected chi connectivity index (χ2v) is 7.14. The van der Waals surface area contributed by atoms with Crippen LogP contribution in [-0.4, -0.2) is 21.9 Å². The van der Waals surface area contributed by atoms with Crippen molar-refractivity contribution in [3.8, 4) is 11.5 Å². The van der Waals surface area contributed by atoms with E-state index < -0.39 is 11.8 Å². The molecule has 0 aliphatic rings. The van der Waals surface area contributed by atoms with Crippen molar-refractivity contribution in [2.24, 2.45) is 0 Å². The zero-order valence-corrected chi connectivity index (χ0v) is 16.5. The zero-order valence-electron chi connectivity index (χ0n) is 15.7. The molecule has 0 spiro atoms. The summed E-state index contributed by atoms with van der Waals surface area (Å²) in [7, 11) is 0.